The first kappa shape index (κ1) is 20.8. The summed E-state index contributed by atoms with van der Waals surface area (Å²) < 4.78 is 12.7. The van der Waals surface area contributed by atoms with Gasteiger partial charge in [-0.15, -0.1) is 0 Å². The molecule has 0 saturated heterocycles. The second-order valence-electron chi connectivity index (χ2n) is 7.85. The van der Waals surface area contributed by atoms with Crippen molar-refractivity contribution in [2.24, 2.45) is 0 Å². The lowest BCUT2D eigenvalue weighted by Gasteiger charge is -2.38. The predicted molar refractivity (Wildman–Crippen MR) is 124 cm³/mol. The van der Waals surface area contributed by atoms with E-state index in [0.29, 0.717) is 23.6 Å². The monoisotopic (exact) mass is 440 g/mol. The zero-order valence-electron chi connectivity index (χ0n) is 18.5. The maximum atomic E-state index is 13.7. The Labute approximate surface area is 192 Å². The fourth-order valence-electron chi connectivity index (χ4n) is 4.42. The van der Waals surface area contributed by atoms with Crippen LogP contribution in [0.25, 0.3) is 5.69 Å². The van der Waals surface area contributed by atoms with E-state index in [1.54, 1.807) is 25.2 Å². The molecule has 7 nitrogen and oxygen atoms in total. The predicted octanol–water partition coefficient (Wildman–Crippen LogP) is 4.07. The lowest BCUT2D eigenvalue weighted by molar-refractivity contribution is 0.0694. The van der Waals surface area contributed by atoms with Crippen molar-refractivity contribution >= 4 is 5.91 Å². The molecule has 0 spiro atoms. The minimum absolute atomic E-state index is 0.0190. The average molecular weight is 441 g/mol. The van der Waals surface area contributed by atoms with Crippen molar-refractivity contribution in [1.82, 2.24) is 19.7 Å². The summed E-state index contributed by atoms with van der Waals surface area (Å²) >= 11 is 0. The maximum absolute atomic E-state index is 13.7. The van der Waals surface area contributed by atoms with Crippen molar-refractivity contribution in [1.29, 1.82) is 0 Å². The van der Waals surface area contributed by atoms with Crippen molar-refractivity contribution < 1.29 is 14.3 Å². The van der Waals surface area contributed by atoms with E-state index >= 15 is 0 Å². The lowest BCUT2D eigenvalue weighted by atomic mass is 9.87. The Kier molecular flexibility index (Phi) is 5.52. The van der Waals surface area contributed by atoms with Gasteiger partial charge >= 0.3 is 0 Å². The van der Waals surface area contributed by atoms with Crippen LogP contribution in [0.5, 0.6) is 11.5 Å². The van der Waals surface area contributed by atoms with Gasteiger partial charge in [0.25, 0.3) is 5.91 Å². The topological polar surface area (TPSA) is 69.5 Å². The van der Waals surface area contributed by atoms with Crippen LogP contribution in [0.15, 0.2) is 79.4 Å². The molecule has 2 heterocycles. The second kappa shape index (κ2) is 8.78. The highest BCUT2D eigenvalue weighted by Gasteiger charge is 2.33. The van der Waals surface area contributed by atoms with Crippen LogP contribution in [0.2, 0.25) is 0 Å². The van der Waals surface area contributed by atoms with E-state index in [2.05, 4.69) is 22.2 Å². The molecule has 0 aliphatic carbocycles. The normalized spacial score (nSPS) is 15.1. The van der Waals surface area contributed by atoms with E-state index in [0.717, 1.165) is 28.8 Å². The number of hydrogen-bond acceptors (Lipinski definition) is 5. The third-order valence-corrected chi connectivity index (χ3v) is 6.05. The highest BCUT2D eigenvalue weighted by atomic mass is 16.5. The third-order valence-electron chi connectivity index (χ3n) is 6.05. The van der Waals surface area contributed by atoms with E-state index in [1.807, 2.05) is 59.5 Å². The van der Waals surface area contributed by atoms with Crippen molar-refractivity contribution in [2.45, 2.75) is 12.5 Å². The Morgan fingerprint density at radius 3 is 2.36 bits per heavy atom. The molecule has 1 aromatic heterocycles. The number of fused-ring (bicyclic) bond motifs is 1. The van der Waals surface area contributed by atoms with E-state index < -0.39 is 0 Å². The number of hydrogen-bond donors (Lipinski definition) is 0. The van der Waals surface area contributed by atoms with Crippen LogP contribution in [-0.4, -0.2) is 46.3 Å². The van der Waals surface area contributed by atoms with Crippen LogP contribution < -0.4 is 9.47 Å². The van der Waals surface area contributed by atoms with Crippen LogP contribution in [-0.2, 0) is 6.42 Å². The van der Waals surface area contributed by atoms with Crippen LogP contribution >= 0.6 is 0 Å². The van der Waals surface area contributed by atoms with Gasteiger partial charge in [-0.25, -0.2) is 9.67 Å². The van der Waals surface area contributed by atoms with Crippen molar-refractivity contribution in [3.05, 3.63) is 102 Å². The fraction of sp³-hybridized carbons (Fsp3) is 0.192. The minimum atomic E-state index is -0.225. The zero-order chi connectivity index (χ0) is 22.8. The molecule has 1 aliphatic heterocycles. The summed E-state index contributed by atoms with van der Waals surface area (Å²) in [6.45, 7) is 0.603. The van der Waals surface area contributed by atoms with E-state index in [-0.39, 0.29) is 11.9 Å². The van der Waals surface area contributed by atoms with Gasteiger partial charge in [-0.1, -0.05) is 30.3 Å². The summed E-state index contributed by atoms with van der Waals surface area (Å²) in [5, 5.41) is 4.15. The Balaban J connectivity index is 1.55. The molecule has 0 saturated carbocycles. The smallest absolute Gasteiger partial charge is 0.254 e. The number of carbonyl (C=O) groups excluding carboxylic acids is 1. The highest BCUT2D eigenvalue weighted by Crippen LogP contribution is 2.41. The standard InChI is InChI=1S/C26H24N4O3/c1-32-23-14-20-12-13-29(25(18-6-4-3-5-7-18)22(20)15-24(23)33-2)26(31)19-8-10-21(11-9-19)30-17-27-16-28-30/h3-11,14-17,25H,12-13H2,1-2H3/t25-/m0/s1. The molecule has 4 aromatic rings. The summed E-state index contributed by atoms with van der Waals surface area (Å²) in [5.74, 6) is 1.34. The number of methoxy groups -OCH3 is 2. The molecule has 0 N–H and O–H groups in total. The Morgan fingerprint density at radius 1 is 0.970 bits per heavy atom. The largest absolute Gasteiger partial charge is 0.493 e. The quantitative estimate of drug-likeness (QED) is 0.468. The molecule has 0 unspecified atom stereocenters. The minimum Gasteiger partial charge on any atom is -0.493 e. The molecule has 3 aromatic carbocycles. The van der Waals surface area contributed by atoms with Gasteiger partial charge in [0.05, 0.1) is 25.9 Å². The van der Waals surface area contributed by atoms with Crippen molar-refractivity contribution in [3.63, 3.8) is 0 Å². The zero-order valence-corrected chi connectivity index (χ0v) is 18.5. The Morgan fingerprint density at radius 2 is 1.70 bits per heavy atom. The van der Waals surface area contributed by atoms with Crippen LogP contribution in [0.4, 0.5) is 0 Å². The maximum Gasteiger partial charge on any atom is 0.254 e. The first-order chi connectivity index (χ1) is 16.2. The summed E-state index contributed by atoms with van der Waals surface area (Å²) in [6.07, 6.45) is 3.85. The summed E-state index contributed by atoms with van der Waals surface area (Å²) in [5.41, 5.74) is 4.75. The second-order valence-corrected chi connectivity index (χ2v) is 7.85. The van der Waals surface area contributed by atoms with Crippen LogP contribution in [0.3, 0.4) is 0 Å². The molecule has 1 aliphatic rings. The molecule has 7 heteroatoms. The summed E-state index contributed by atoms with van der Waals surface area (Å²) in [6, 6.07) is 21.3. The number of aromatic nitrogens is 3. The molecular weight excluding hydrogens is 416 g/mol. The van der Waals surface area contributed by atoms with Gasteiger partial charge in [0.2, 0.25) is 0 Å². The van der Waals surface area contributed by atoms with Gasteiger partial charge in [0.1, 0.15) is 12.7 Å². The van der Waals surface area contributed by atoms with Gasteiger partial charge in [0.15, 0.2) is 11.5 Å². The number of benzene rings is 3. The summed E-state index contributed by atoms with van der Waals surface area (Å²) in [4.78, 5) is 19.6. The summed E-state index contributed by atoms with van der Waals surface area (Å²) in [7, 11) is 3.27. The Hall–Kier alpha value is -4.13. The SMILES string of the molecule is COc1cc2c(cc1OC)[C@H](c1ccccc1)N(C(=O)c1ccc(-n3cncn3)cc1)CC2. The molecule has 1 amide bonds. The number of ether oxygens (including phenoxy) is 2. The van der Waals surface area contributed by atoms with Gasteiger partial charge in [-0.3, -0.25) is 4.79 Å². The van der Waals surface area contributed by atoms with E-state index in [4.69, 9.17) is 9.47 Å². The number of amides is 1. The molecule has 0 fully saturated rings. The molecule has 0 bridgehead atoms. The van der Waals surface area contributed by atoms with Gasteiger partial charge in [-0.2, -0.15) is 5.10 Å². The van der Waals surface area contributed by atoms with Crippen LogP contribution in [0, 0.1) is 0 Å². The average Bonchev–Trinajstić information content (AvgIpc) is 3.42. The van der Waals surface area contributed by atoms with E-state index in [9.17, 15) is 4.79 Å². The lowest BCUT2D eigenvalue weighted by Crippen LogP contribution is -2.40. The molecule has 1 atom stereocenters. The first-order valence-electron chi connectivity index (χ1n) is 10.8. The molecule has 0 radical (unpaired) electrons. The third kappa shape index (κ3) is 3.82. The molecule has 166 valence electrons. The highest BCUT2D eigenvalue weighted by molar-refractivity contribution is 5.95. The molecule has 33 heavy (non-hydrogen) atoms. The van der Waals surface area contributed by atoms with Crippen molar-refractivity contribution in [3.8, 4) is 17.2 Å². The molecule has 5 rings (SSSR count). The number of nitrogens with zero attached hydrogens (tertiary/aromatic N) is 4. The fourth-order valence-corrected chi connectivity index (χ4v) is 4.42. The number of carbonyl (C=O) groups is 1. The van der Waals surface area contributed by atoms with Crippen molar-refractivity contribution in [2.75, 3.05) is 20.8 Å². The van der Waals surface area contributed by atoms with Gasteiger partial charge in [-0.05, 0) is 59.5 Å². The Bertz CT molecular complexity index is 1250. The van der Waals surface area contributed by atoms with E-state index in [1.165, 1.54) is 6.33 Å². The molecular formula is C26H24N4O3. The van der Waals surface area contributed by atoms with Gasteiger partial charge in [0, 0.05) is 12.1 Å². The first-order valence-corrected chi connectivity index (χ1v) is 10.8. The van der Waals surface area contributed by atoms with Crippen LogP contribution in [0.1, 0.15) is 33.1 Å². The van der Waals surface area contributed by atoms with Gasteiger partial charge < -0.3 is 14.4 Å². The number of rotatable bonds is 5.